The fraction of sp³-hybridized carbons (Fsp3) is 0.375. The molecule has 0 radical (unpaired) electrons. The summed E-state index contributed by atoms with van der Waals surface area (Å²) in [7, 11) is 1.66. The van der Waals surface area contributed by atoms with Gasteiger partial charge in [-0.25, -0.2) is 4.68 Å². The molecule has 0 atom stereocenters. The summed E-state index contributed by atoms with van der Waals surface area (Å²) in [6.45, 7) is 0.554. The Morgan fingerprint density at radius 1 is 1.79 bits per heavy atom. The Hall–Kier alpha value is -1.19. The number of hydrogen-bond acceptors (Lipinski definition) is 4. The molecule has 0 saturated heterocycles. The van der Waals surface area contributed by atoms with Crippen molar-refractivity contribution >= 4 is 21.7 Å². The van der Waals surface area contributed by atoms with Gasteiger partial charge in [-0.15, -0.1) is 11.5 Å². The van der Waals surface area contributed by atoms with E-state index < -0.39 is 0 Å². The predicted molar refractivity (Wildman–Crippen MR) is 54.7 cm³/mol. The van der Waals surface area contributed by atoms with Crippen molar-refractivity contribution in [3.8, 4) is 12.3 Å². The van der Waals surface area contributed by atoms with Crippen LogP contribution in [0.15, 0.2) is 4.60 Å². The molecule has 1 rings (SSSR count). The van der Waals surface area contributed by atoms with Gasteiger partial charge in [-0.3, -0.25) is 10.1 Å². The Bertz CT molecular complexity index is 360. The highest BCUT2D eigenvalue weighted by molar-refractivity contribution is 9.10. The molecule has 1 N–H and O–H groups in total. The predicted octanol–water partition coefficient (Wildman–Crippen LogP) is -0.0169. The highest BCUT2D eigenvalue weighted by atomic mass is 79.9. The van der Waals surface area contributed by atoms with Gasteiger partial charge in [-0.1, -0.05) is 11.1 Å². The summed E-state index contributed by atoms with van der Waals surface area (Å²) in [5.41, 5.74) is 0.439. The molecule has 1 heterocycles. The molecule has 1 aromatic rings. The lowest BCUT2D eigenvalue weighted by atomic mass is 10.3. The zero-order valence-electron chi connectivity index (χ0n) is 7.62. The highest BCUT2D eigenvalue weighted by Gasteiger charge is 2.15. The number of halogens is 1. The zero-order chi connectivity index (χ0) is 10.6. The summed E-state index contributed by atoms with van der Waals surface area (Å²) >= 11 is 3.14. The van der Waals surface area contributed by atoms with Crippen LogP contribution in [-0.2, 0) is 7.05 Å². The van der Waals surface area contributed by atoms with E-state index in [4.69, 9.17) is 6.42 Å². The minimum Gasteiger partial charge on any atom is -0.299 e. The van der Waals surface area contributed by atoms with Gasteiger partial charge in [-0.2, -0.15) is 0 Å². The van der Waals surface area contributed by atoms with Gasteiger partial charge in [0.05, 0.1) is 13.1 Å². The Kier molecular flexibility index (Phi) is 3.80. The number of carbonyl (C=O) groups is 1. The van der Waals surface area contributed by atoms with Crippen LogP contribution in [0, 0.1) is 12.3 Å². The zero-order valence-corrected chi connectivity index (χ0v) is 9.21. The van der Waals surface area contributed by atoms with Crippen LogP contribution in [0.2, 0.25) is 0 Å². The maximum Gasteiger partial charge on any atom is 0.197 e. The maximum atomic E-state index is 11.6. The number of nitrogens with one attached hydrogen (secondary N) is 1. The molecule has 0 amide bonds. The SMILES string of the molecule is C#CCNCC(=O)c1c(Br)nnn1C. The number of ketones is 1. The fourth-order valence-electron chi connectivity index (χ4n) is 0.959. The van der Waals surface area contributed by atoms with Crippen molar-refractivity contribution in [2.24, 2.45) is 7.05 Å². The van der Waals surface area contributed by atoms with Gasteiger partial charge in [0.2, 0.25) is 0 Å². The first-order valence-electron chi connectivity index (χ1n) is 3.89. The van der Waals surface area contributed by atoms with E-state index in [0.717, 1.165) is 0 Å². The van der Waals surface area contributed by atoms with E-state index in [2.05, 4.69) is 37.5 Å². The first-order valence-corrected chi connectivity index (χ1v) is 4.68. The number of terminal acetylenes is 1. The fourth-order valence-corrected chi connectivity index (χ4v) is 1.51. The second kappa shape index (κ2) is 4.88. The normalized spacial score (nSPS) is 9.79. The maximum absolute atomic E-state index is 11.6. The summed E-state index contributed by atoms with van der Waals surface area (Å²) in [6, 6.07) is 0. The Morgan fingerprint density at radius 3 is 3.00 bits per heavy atom. The van der Waals surface area contributed by atoms with E-state index in [9.17, 15) is 4.79 Å². The van der Waals surface area contributed by atoms with Gasteiger partial charge in [-0.05, 0) is 15.9 Å². The van der Waals surface area contributed by atoms with Gasteiger partial charge < -0.3 is 0 Å². The number of rotatable bonds is 4. The lowest BCUT2D eigenvalue weighted by Crippen LogP contribution is -2.25. The molecule has 14 heavy (non-hydrogen) atoms. The van der Waals surface area contributed by atoms with E-state index in [1.54, 1.807) is 7.05 Å². The number of Topliss-reactive ketones (excluding diaryl/α,β-unsaturated/α-hetero) is 1. The largest absolute Gasteiger partial charge is 0.299 e. The standard InChI is InChI=1S/C8H9BrN4O/c1-3-4-10-5-6(14)7-8(9)11-12-13(7)2/h1,10H,4-5H2,2H3. The van der Waals surface area contributed by atoms with E-state index in [1.165, 1.54) is 4.68 Å². The van der Waals surface area contributed by atoms with Crippen molar-refractivity contribution in [3.05, 3.63) is 10.3 Å². The lowest BCUT2D eigenvalue weighted by Gasteiger charge is -2.00. The molecule has 0 unspecified atom stereocenters. The van der Waals surface area contributed by atoms with Crippen molar-refractivity contribution in [2.45, 2.75) is 0 Å². The minimum atomic E-state index is -0.0976. The van der Waals surface area contributed by atoms with Crippen LogP contribution in [0.3, 0.4) is 0 Å². The summed E-state index contributed by atoms with van der Waals surface area (Å²) in [5.74, 6) is 2.29. The molecule has 1 aromatic heterocycles. The van der Waals surface area contributed by atoms with Crippen molar-refractivity contribution in [1.82, 2.24) is 20.3 Å². The van der Waals surface area contributed by atoms with Gasteiger partial charge in [0, 0.05) is 7.05 Å². The van der Waals surface area contributed by atoms with E-state index in [-0.39, 0.29) is 12.3 Å². The van der Waals surface area contributed by atoms with E-state index in [1.807, 2.05) is 0 Å². The number of nitrogens with zero attached hydrogens (tertiary/aromatic N) is 3. The molecule has 0 aliphatic rings. The third-order valence-corrected chi connectivity index (χ3v) is 2.10. The molecule has 6 heteroatoms. The van der Waals surface area contributed by atoms with Crippen LogP contribution < -0.4 is 5.32 Å². The van der Waals surface area contributed by atoms with Crippen molar-refractivity contribution in [1.29, 1.82) is 0 Å². The molecule has 0 saturated carbocycles. The van der Waals surface area contributed by atoms with Gasteiger partial charge in [0.15, 0.2) is 10.4 Å². The first-order chi connectivity index (χ1) is 6.66. The molecule has 0 aromatic carbocycles. The molecule has 0 spiro atoms. The van der Waals surface area contributed by atoms with Crippen LogP contribution in [0.5, 0.6) is 0 Å². The van der Waals surface area contributed by atoms with Crippen LogP contribution >= 0.6 is 15.9 Å². The van der Waals surface area contributed by atoms with Crippen molar-refractivity contribution in [3.63, 3.8) is 0 Å². The average Bonchev–Trinajstić information content (AvgIpc) is 2.46. The molecule has 0 fully saturated rings. The molecule has 0 aliphatic heterocycles. The Morgan fingerprint density at radius 2 is 2.50 bits per heavy atom. The number of carbonyl (C=O) groups excluding carboxylic acids is 1. The van der Waals surface area contributed by atoms with Gasteiger partial charge in [0.1, 0.15) is 5.69 Å². The lowest BCUT2D eigenvalue weighted by molar-refractivity contribution is 0.0983. The molecule has 74 valence electrons. The van der Waals surface area contributed by atoms with Crippen LogP contribution in [0.4, 0.5) is 0 Å². The van der Waals surface area contributed by atoms with Crippen molar-refractivity contribution in [2.75, 3.05) is 13.1 Å². The second-order valence-electron chi connectivity index (χ2n) is 2.58. The Balaban J connectivity index is 2.66. The van der Waals surface area contributed by atoms with Crippen LogP contribution in [0.1, 0.15) is 10.5 Å². The number of aryl methyl sites for hydroxylation is 1. The summed E-state index contributed by atoms with van der Waals surface area (Å²) in [6.07, 6.45) is 5.03. The van der Waals surface area contributed by atoms with Gasteiger partial charge in [0.25, 0.3) is 0 Å². The van der Waals surface area contributed by atoms with Crippen molar-refractivity contribution < 1.29 is 4.79 Å². The first kappa shape index (κ1) is 10.9. The highest BCUT2D eigenvalue weighted by Crippen LogP contribution is 2.11. The quantitative estimate of drug-likeness (QED) is 0.468. The second-order valence-corrected chi connectivity index (χ2v) is 3.33. The molecular formula is C8H9BrN4O. The topological polar surface area (TPSA) is 59.8 Å². The third-order valence-electron chi connectivity index (χ3n) is 1.56. The molecule has 0 bridgehead atoms. The van der Waals surface area contributed by atoms with E-state index in [0.29, 0.717) is 16.8 Å². The van der Waals surface area contributed by atoms with E-state index >= 15 is 0 Å². The molecule has 0 aliphatic carbocycles. The van der Waals surface area contributed by atoms with Crippen LogP contribution in [-0.4, -0.2) is 33.9 Å². The summed E-state index contributed by atoms with van der Waals surface area (Å²) in [5, 5.41) is 10.2. The molecular weight excluding hydrogens is 248 g/mol. The summed E-state index contributed by atoms with van der Waals surface area (Å²) in [4.78, 5) is 11.6. The molecule has 5 nitrogen and oxygen atoms in total. The monoisotopic (exact) mass is 256 g/mol. The minimum absolute atomic E-state index is 0.0976. The van der Waals surface area contributed by atoms with Gasteiger partial charge >= 0.3 is 0 Å². The Labute approximate surface area is 90.0 Å². The average molecular weight is 257 g/mol. The number of hydrogen-bond donors (Lipinski definition) is 1. The van der Waals surface area contributed by atoms with Crippen LogP contribution in [0.25, 0.3) is 0 Å². The number of aromatic nitrogens is 3. The third kappa shape index (κ3) is 2.40. The summed E-state index contributed by atoms with van der Waals surface area (Å²) < 4.78 is 1.87. The smallest absolute Gasteiger partial charge is 0.197 e.